The van der Waals surface area contributed by atoms with Gasteiger partial charge in [-0.25, -0.2) is 5.21 Å². The zero-order valence-electron chi connectivity index (χ0n) is 12.7. The van der Waals surface area contributed by atoms with Gasteiger partial charge in [-0.1, -0.05) is 24.3 Å². The van der Waals surface area contributed by atoms with E-state index in [9.17, 15) is 18.8 Å². The van der Waals surface area contributed by atoms with Crippen molar-refractivity contribution in [3.05, 3.63) is 65.9 Å². The van der Waals surface area contributed by atoms with Crippen molar-refractivity contribution in [1.29, 1.82) is 0 Å². The average molecular weight is 359 g/mol. The van der Waals surface area contributed by atoms with Crippen molar-refractivity contribution >= 4 is 38.0 Å². The minimum atomic E-state index is -4.27. The Morgan fingerprint density at radius 2 is 1.56 bits per heavy atom. The van der Waals surface area contributed by atoms with E-state index in [-0.39, 0.29) is 10.6 Å². The van der Waals surface area contributed by atoms with Gasteiger partial charge in [0.1, 0.15) is 0 Å². The second-order valence-corrected chi connectivity index (χ2v) is 6.58. The molecule has 128 valence electrons. The Kier molecular flexibility index (Phi) is 4.57. The SMILES string of the molecule is O=S(=O)(O)c1ccc(N=Nc2cccc3cccc([NH+]([O-])O)c23)cc1. The molecule has 0 saturated heterocycles. The molecule has 3 aromatic carbocycles. The Labute approximate surface area is 143 Å². The highest BCUT2D eigenvalue weighted by Gasteiger charge is 2.11. The third-order valence-electron chi connectivity index (χ3n) is 3.52. The lowest BCUT2D eigenvalue weighted by Gasteiger charge is -2.14. The summed E-state index contributed by atoms with van der Waals surface area (Å²) in [5.74, 6) is 0. The van der Waals surface area contributed by atoms with Crippen molar-refractivity contribution in [3.8, 4) is 0 Å². The first-order valence-electron chi connectivity index (χ1n) is 7.10. The number of nitrogens with one attached hydrogen (secondary N) is 1. The minimum absolute atomic E-state index is 0.119. The fourth-order valence-corrected chi connectivity index (χ4v) is 2.86. The van der Waals surface area contributed by atoms with Gasteiger partial charge in [0, 0.05) is 6.07 Å². The van der Waals surface area contributed by atoms with E-state index >= 15 is 0 Å². The van der Waals surface area contributed by atoms with Crippen LogP contribution in [0.1, 0.15) is 0 Å². The van der Waals surface area contributed by atoms with E-state index in [1.807, 2.05) is 0 Å². The molecule has 8 nitrogen and oxygen atoms in total. The molecular formula is C16H13N3O5S. The second kappa shape index (κ2) is 6.67. The summed E-state index contributed by atoms with van der Waals surface area (Å²) < 4.78 is 31.0. The third kappa shape index (κ3) is 3.71. The lowest BCUT2D eigenvalue weighted by atomic mass is 10.1. The fourth-order valence-electron chi connectivity index (χ4n) is 2.38. The van der Waals surface area contributed by atoms with Crippen molar-refractivity contribution in [2.24, 2.45) is 10.2 Å². The quantitative estimate of drug-likeness (QED) is 0.375. The first kappa shape index (κ1) is 17.1. The molecule has 0 aliphatic carbocycles. The van der Waals surface area contributed by atoms with Crippen molar-refractivity contribution in [3.63, 3.8) is 0 Å². The summed E-state index contributed by atoms with van der Waals surface area (Å²) in [7, 11) is -4.27. The highest BCUT2D eigenvalue weighted by Crippen LogP contribution is 2.32. The van der Waals surface area contributed by atoms with Gasteiger partial charge in [-0.15, -0.1) is 5.11 Å². The molecule has 0 radical (unpaired) electrons. The lowest BCUT2D eigenvalue weighted by molar-refractivity contribution is -0.990. The Hall–Kier alpha value is -2.69. The van der Waals surface area contributed by atoms with Crippen LogP contribution in [0, 0.1) is 5.21 Å². The minimum Gasteiger partial charge on any atom is -0.595 e. The molecule has 0 bridgehead atoms. The van der Waals surface area contributed by atoms with Gasteiger partial charge in [-0.3, -0.25) is 4.55 Å². The zero-order chi connectivity index (χ0) is 18.0. The molecule has 0 heterocycles. The maximum absolute atomic E-state index is 11.4. The summed E-state index contributed by atoms with van der Waals surface area (Å²) in [6.45, 7) is 0. The summed E-state index contributed by atoms with van der Waals surface area (Å²) in [5.41, 5.74) is 0.861. The van der Waals surface area contributed by atoms with Crippen LogP contribution in [0.3, 0.4) is 0 Å². The van der Waals surface area contributed by atoms with E-state index in [1.54, 1.807) is 30.3 Å². The van der Waals surface area contributed by atoms with Gasteiger partial charge >= 0.3 is 0 Å². The maximum atomic E-state index is 11.4. The number of hydrogen-bond donors (Lipinski definition) is 3. The number of rotatable bonds is 4. The summed E-state index contributed by atoms with van der Waals surface area (Å²) in [4.78, 5) is -0.246. The van der Waals surface area contributed by atoms with Gasteiger partial charge in [0.25, 0.3) is 10.1 Å². The number of quaternary nitrogens is 1. The zero-order valence-corrected chi connectivity index (χ0v) is 13.5. The Morgan fingerprint density at radius 1 is 0.920 bits per heavy atom. The van der Waals surface area contributed by atoms with Crippen LogP contribution in [0.15, 0.2) is 75.8 Å². The molecule has 0 amide bonds. The van der Waals surface area contributed by atoms with Crippen LogP contribution in [0.4, 0.5) is 17.1 Å². The smallest absolute Gasteiger partial charge is 0.294 e. The summed E-state index contributed by atoms with van der Waals surface area (Å²) in [6, 6.07) is 15.3. The second-order valence-electron chi connectivity index (χ2n) is 5.15. The fraction of sp³-hybridized carbons (Fsp3) is 0. The van der Waals surface area contributed by atoms with Crippen LogP contribution in [0.5, 0.6) is 0 Å². The normalized spacial score (nSPS) is 13.4. The van der Waals surface area contributed by atoms with E-state index < -0.39 is 15.3 Å². The number of nitrogens with zero attached hydrogens (tertiary/aromatic N) is 2. The van der Waals surface area contributed by atoms with Crippen LogP contribution in [-0.2, 0) is 10.1 Å². The van der Waals surface area contributed by atoms with Gasteiger partial charge in [-0.2, -0.15) is 18.8 Å². The Morgan fingerprint density at radius 3 is 2.16 bits per heavy atom. The van der Waals surface area contributed by atoms with E-state index in [0.29, 0.717) is 16.8 Å². The largest absolute Gasteiger partial charge is 0.595 e. The van der Waals surface area contributed by atoms with Gasteiger partial charge in [0.15, 0.2) is 5.69 Å². The number of hydrogen-bond acceptors (Lipinski definition) is 6. The highest BCUT2D eigenvalue weighted by atomic mass is 32.2. The summed E-state index contributed by atoms with van der Waals surface area (Å²) >= 11 is 0. The molecule has 9 heteroatoms. The monoisotopic (exact) mass is 359 g/mol. The predicted octanol–water partition coefficient (Wildman–Crippen LogP) is 2.91. The van der Waals surface area contributed by atoms with Crippen molar-refractivity contribution in [2.45, 2.75) is 4.90 Å². The number of fused-ring (bicyclic) bond motifs is 1. The highest BCUT2D eigenvalue weighted by molar-refractivity contribution is 7.85. The van der Waals surface area contributed by atoms with Crippen LogP contribution < -0.4 is 5.23 Å². The molecule has 0 saturated carbocycles. The van der Waals surface area contributed by atoms with Crippen LogP contribution >= 0.6 is 0 Å². The Bertz CT molecular complexity index is 1040. The molecule has 0 aromatic heterocycles. The standard InChI is InChI=1S/C16H13N3O5S/c20-19(21)15-6-2-4-11-3-1-5-14(16(11)15)18-17-12-7-9-13(10-8-12)25(22,23)24/h1-10,19-20H,(H,22,23,24). The summed E-state index contributed by atoms with van der Waals surface area (Å²) in [6.07, 6.45) is 0. The molecule has 0 aliphatic heterocycles. The molecule has 0 fully saturated rings. The van der Waals surface area contributed by atoms with E-state index in [4.69, 9.17) is 4.55 Å². The molecule has 25 heavy (non-hydrogen) atoms. The molecule has 3 aromatic rings. The Balaban J connectivity index is 2.02. The van der Waals surface area contributed by atoms with E-state index in [2.05, 4.69) is 10.2 Å². The van der Waals surface area contributed by atoms with Gasteiger partial charge in [-0.05, 0) is 35.7 Å². The topological polar surface area (TPSA) is 127 Å². The van der Waals surface area contributed by atoms with Gasteiger partial charge < -0.3 is 5.21 Å². The van der Waals surface area contributed by atoms with E-state index in [1.165, 1.54) is 30.3 Å². The van der Waals surface area contributed by atoms with Crippen LogP contribution in [0.25, 0.3) is 10.8 Å². The lowest BCUT2D eigenvalue weighted by Crippen LogP contribution is -2.99. The maximum Gasteiger partial charge on any atom is 0.294 e. The molecule has 1 atom stereocenters. The van der Waals surface area contributed by atoms with E-state index in [0.717, 1.165) is 5.39 Å². The van der Waals surface area contributed by atoms with Crippen LogP contribution in [0.2, 0.25) is 0 Å². The number of benzene rings is 3. The molecule has 0 spiro atoms. The summed E-state index contributed by atoms with van der Waals surface area (Å²) in [5, 5.41) is 29.0. The van der Waals surface area contributed by atoms with Crippen molar-refractivity contribution < 1.29 is 23.4 Å². The molecule has 0 aliphatic rings. The molecular weight excluding hydrogens is 346 g/mol. The first-order valence-corrected chi connectivity index (χ1v) is 8.54. The third-order valence-corrected chi connectivity index (χ3v) is 4.39. The van der Waals surface area contributed by atoms with Crippen molar-refractivity contribution in [1.82, 2.24) is 0 Å². The van der Waals surface area contributed by atoms with Gasteiger partial charge in [0.05, 0.1) is 21.7 Å². The van der Waals surface area contributed by atoms with Gasteiger partial charge in [0.2, 0.25) is 0 Å². The first-order chi connectivity index (χ1) is 11.9. The number of azo groups is 1. The van der Waals surface area contributed by atoms with Crippen molar-refractivity contribution in [2.75, 3.05) is 0 Å². The molecule has 3 rings (SSSR count). The average Bonchev–Trinajstić information content (AvgIpc) is 2.58. The molecule has 3 N–H and O–H groups in total. The molecule has 1 unspecified atom stereocenters. The van der Waals surface area contributed by atoms with Crippen LogP contribution in [-0.4, -0.2) is 18.2 Å². The predicted molar refractivity (Wildman–Crippen MR) is 90.2 cm³/mol.